The maximum Gasteiger partial charge on any atom is 0.241 e. The van der Waals surface area contributed by atoms with E-state index in [1.807, 2.05) is 19.2 Å². The first-order valence-electron chi connectivity index (χ1n) is 8.87. The predicted octanol–water partition coefficient (Wildman–Crippen LogP) is 2.83. The second kappa shape index (κ2) is 7.64. The number of benzene rings is 1. The number of nitrogens with zero attached hydrogens (tertiary/aromatic N) is 3. The molecule has 6 nitrogen and oxygen atoms in total. The molecule has 2 aromatic rings. The fourth-order valence-electron chi connectivity index (χ4n) is 3.24. The van der Waals surface area contributed by atoms with Gasteiger partial charge in [-0.05, 0) is 31.4 Å². The van der Waals surface area contributed by atoms with Gasteiger partial charge in [0.1, 0.15) is 0 Å². The number of hydrogen-bond acceptors (Lipinski definition) is 6. The van der Waals surface area contributed by atoms with E-state index in [4.69, 9.17) is 9.26 Å². The van der Waals surface area contributed by atoms with E-state index < -0.39 is 0 Å². The Morgan fingerprint density at radius 3 is 2.48 bits per heavy atom. The molecule has 6 heteroatoms. The molecule has 3 rings (SSSR count). The fourth-order valence-corrected chi connectivity index (χ4v) is 3.24. The van der Waals surface area contributed by atoms with Crippen LogP contribution in [0.3, 0.4) is 0 Å². The summed E-state index contributed by atoms with van der Waals surface area (Å²) in [5, 5.41) is 14.0. The van der Waals surface area contributed by atoms with Crippen molar-refractivity contribution in [3.05, 3.63) is 35.7 Å². The Labute approximate surface area is 148 Å². The Morgan fingerprint density at radius 2 is 1.88 bits per heavy atom. The van der Waals surface area contributed by atoms with Crippen LogP contribution in [0.4, 0.5) is 0 Å². The molecule has 1 N–H and O–H groups in total. The Kier molecular flexibility index (Phi) is 5.51. The van der Waals surface area contributed by atoms with Gasteiger partial charge in [-0.3, -0.25) is 4.90 Å². The monoisotopic (exact) mass is 345 g/mol. The van der Waals surface area contributed by atoms with Gasteiger partial charge >= 0.3 is 0 Å². The van der Waals surface area contributed by atoms with Gasteiger partial charge in [0.05, 0.1) is 13.2 Å². The minimum absolute atomic E-state index is 0.102. The molecule has 1 aliphatic heterocycles. The highest BCUT2D eigenvalue weighted by atomic mass is 16.5. The lowest BCUT2D eigenvalue weighted by atomic mass is 9.89. The van der Waals surface area contributed by atoms with E-state index in [0.717, 1.165) is 18.4 Å². The second-order valence-corrected chi connectivity index (χ2v) is 7.14. The van der Waals surface area contributed by atoms with Crippen LogP contribution < -0.4 is 0 Å². The SMILES string of the molecule is CC(C)c1ccc(-c2noc(CN(C)C3(CO)CCOCC3)n2)cc1. The van der Waals surface area contributed by atoms with Crippen LogP contribution in [0.1, 0.15) is 44.1 Å². The summed E-state index contributed by atoms with van der Waals surface area (Å²) in [6.07, 6.45) is 1.61. The number of rotatable bonds is 6. The molecular formula is C19H27N3O3. The van der Waals surface area contributed by atoms with E-state index in [2.05, 4.69) is 41.0 Å². The summed E-state index contributed by atoms with van der Waals surface area (Å²) in [5.74, 6) is 1.66. The standard InChI is InChI=1S/C19H27N3O3/c1-14(2)15-4-6-16(7-5-15)18-20-17(25-21-18)12-22(3)19(13-23)8-10-24-11-9-19/h4-7,14,23H,8-13H2,1-3H3. The molecule has 0 bridgehead atoms. The number of likely N-dealkylation sites (N-methyl/N-ethyl adjacent to an activating group) is 1. The van der Waals surface area contributed by atoms with E-state index in [9.17, 15) is 5.11 Å². The largest absolute Gasteiger partial charge is 0.394 e. The van der Waals surface area contributed by atoms with Gasteiger partial charge < -0.3 is 14.4 Å². The number of aromatic nitrogens is 2. The Morgan fingerprint density at radius 1 is 1.20 bits per heavy atom. The van der Waals surface area contributed by atoms with Gasteiger partial charge in [-0.1, -0.05) is 43.3 Å². The first-order valence-corrected chi connectivity index (χ1v) is 8.87. The molecule has 1 saturated heterocycles. The van der Waals surface area contributed by atoms with Crippen molar-refractivity contribution < 1.29 is 14.4 Å². The van der Waals surface area contributed by atoms with Crippen LogP contribution in [0, 0.1) is 0 Å². The lowest BCUT2D eigenvalue weighted by molar-refractivity contribution is -0.0521. The summed E-state index contributed by atoms with van der Waals surface area (Å²) in [6, 6.07) is 8.26. The van der Waals surface area contributed by atoms with Gasteiger partial charge in [0.25, 0.3) is 0 Å². The molecule has 0 aliphatic carbocycles. The molecule has 1 aliphatic rings. The quantitative estimate of drug-likeness (QED) is 0.868. The minimum atomic E-state index is -0.272. The van der Waals surface area contributed by atoms with Crippen molar-refractivity contribution >= 4 is 0 Å². The second-order valence-electron chi connectivity index (χ2n) is 7.14. The van der Waals surface area contributed by atoms with Crippen LogP contribution in [0.15, 0.2) is 28.8 Å². The van der Waals surface area contributed by atoms with E-state index in [-0.39, 0.29) is 12.1 Å². The maximum absolute atomic E-state index is 9.88. The maximum atomic E-state index is 9.88. The van der Waals surface area contributed by atoms with Gasteiger partial charge in [0.2, 0.25) is 11.7 Å². The molecule has 0 saturated carbocycles. The van der Waals surface area contributed by atoms with Crippen molar-refractivity contribution in [1.29, 1.82) is 0 Å². The topological polar surface area (TPSA) is 71.6 Å². The van der Waals surface area contributed by atoms with Crippen LogP contribution in [0.2, 0.25) is 0 Å². The summed E-state index contributed by atoms with van der Waals surface area (Å²) in [6.45, 7) is 6.29. The van der Waals surface area contributed by atoms with Crippen molar-refractivity contribution in [1.82, 2.24) is 15.0 Å². The zero-order valence-corrected chi connectivity index (χ0v) is 15.2. The molecule has 1 aromatic carbocycles. The molecule has 0 amide bonds. The first-order chi connectivity index (χ1) is 12.0. The molecule has 25 heavy (non-hydrogen) atoms. The predicted molar refractivity (Wildman–Crippen MR) is 95.2 cm³/mol. The summed E-state index contributed by atoms with van der Waals surface area (Å²) in [4.78, 5) is 6.63. The molecule has 0 atom stereocenters. The normalized spacial score (nSPS) is 17.4. The highest BCUT2D eigenvalue weighted by molar-refractivity contribution is 5.54. The summed E-state index contributed by atoms with van der Waals surface area (Å²) in [7, 11) is 1.99. The van der Waals surface area contributed by atoms with Crippen molar-refractivity contribution in [2.45, 2.75) is 44.7 Å². The van der Waals surface area contributed by atoms with Crippen molar-refractivity contribution in [3.8, 4) is 11.4 Å². The first kappa shape index (κ1) is 18.0. The van der Waals surface area contributed by atoms with Gasteiger partial charge in [-0.25, -0.2) is 0 Å². The molecule has 1 fully saturated rings. The van der Waals surface area contributed by atoms with Crippen LogP contribution >= 0.6 is 0 Å². The number of aliphatic hydroxyl groups excluding tert-OH is 1. The van der Waals surface area contributed by atoms with E-state index in [1.165, 1.54) is 5.56 Å². The highest BCUT2D eigenvalue weighted by Crippen LogP contribution is 2.28. The average molecular weight is 345 g/mol. The van der Waals surface area contributed by atoms with Crippen LogP contribution in [0.25, 0.3) is 11.4 Å². The molecule has 0 spiro atoms. The molecule has 2 heterocycles. The third-order valence-electron chi connectivity index (χ3n) is 5.20. The molecule has 0 unspecified atom stereocenters. The van der Waals surface area contributed by atoms with Gasteiger partial charge in [-0.2, -0.15) is 4.98 Å². The fraction of sp³-hybridized carbons (Fsp3) is 0.579. The van der Waals surface area contributed by atoms with Crippen molar-refractivity contribution in [2.75, 3.05) is 26.9 Å². The molecule has 136 valence electrons. The number of hydrogen-bond donors (Lipinski definition) is 1. The summed E-state index contributed by atoms with van der Waals surface area (Å²) < 4.78 is 10.9. The van der Waals surface area contributed by atoms with Crippen LogP contribution in [-0.4, -0.2) is 52.6 Å². The lowest BCUT2D eigenvalue weighted by Gasteiger charge is -2.42. The van der Waals surface area contributed by atoms with Crippen molar-refractivity contribution in [3.63, 3.8) is 0 Å². The molecular weight excluding hydrogens is 318 g/mol. The summed E-state index contributed by atoms with van der Waals surface area (Å²) in [5.41, 5.74) is 1.97. The minimum Gasteiger partial charge on any atom is -0.394 e. The molecule has 1 aromatic heterocycles. The zero-order valence-electron chi connectivity index (χ0n) is 15.2. The molecule has 0 radical (unpaired) electrons. The third-order valence-corrected chi connectivity index (χ3v) is 5.20. The Bertz CT molecular complexity index is 675. The Balaban J connectivity index is 1.70. The Hall–Kier alpha value is -1.76. The smallest absolute Gasteiger partial charge is 0.241 e. The van der Waals surface area contributed by atoms with Gasteiger partial charge in [0, 0.05) is 24.3 Å². The highest BCUT2D eigenvalue weighted by Gasteiger charge is 2.36. The van der Waals surface area contributed by atoms with E-state index in [1.54, 1.807) is 0 Å². The zero-order chi connectivity index (χ0) is 17.9. The third kappa shape index (κ3) is 3.92. The lowest BCUT2D eigenvalue weighted by Crippen LogP contribution is -2.52. The van der Waals surface area contributed by atoms with Crippen molar-refractivity contribution in [2.24, 2.45) is 0 Å². The average Bonchev–Trinajstić information content (AvgIpc) is 3.10. The summed E-state index contributed by atoms with van der Waals surface area (Å²) >= 11 is 0. The van der Waals surface area contributed by atoms with E-state index >= 15 is 0 Å². The van der Waals surface area contributed by atoms with E-state index in [0.29, 0.717) is 37.4 Å². The van der Waals surface area contributed by atoms with Crippen LogP contribution in [-0.2, 0) is 11.3 Å². The van der Waals surface area contributed by atoms with Crippen LogP contribution in [0.5, 0.6) is 0 Å². The number of ether oxygens (including phenoxy) is 1. The van der Waals surface area contributed by atoms with Gasteiger partial charge in [0.15, 0.2) is 0 Å². The number of aliphatic hydroxyl groups is 1. The van der Waals surface area contributed by atoms with Gasteiger partial charge in [-0.15, -0.1) is 0 Å².